The van der Waals surface area contributed by atoms with E-state index in [-0.39, 0.29) is 12.4 Å². The predicted molar refractivity (Wildman–Crippen MR) is 104 cm³/mol. The summed E-state index contributed by atoms with van der Waals surface area (Å²) in [5.41, 5.74) is 8.00. The largest absolute Gasteiger partial charge is 0.369 e. The van der Waals surface area contributed by atoms with Crippen LogP contribution >= 0.6 is 12.4 Å². The third-order valence-electron chi connectivity index (χ3n) is 5.30. The highest BCUT2D eigenvalue weighted by Crippen LogP contribution is 2.15. The van der Waals surface area contributed by atoms with E-state index in [0.717, 1.165) is 45.8 Å². The summed E-state index contributed by atoms with van der Waals surface area (Å²) in [6, 6.07) is 11.9. The molecule has 0 aliphatic carbocycles. The molecule has 1 aromatic rings. The van der Waals surface area contributed by atoms with Crippen LogP contribution in [-0.4, -0.2) is 62.8 Å². The van der Waals surface area contributed by atoms with Crippen molar-refractivity contribution in [3.8, 4) is 0 Å². The molecule has 136 valence electrons. The van der Waals surface area contributed by atoms with Gasteiger partial charge in [-0.1, -0.05) is 18.2 Å². The van der Waals surface area contributed by atoms with Crippen LogP contribution in [0.5, 0.6) is 0 Å². The lowest BCUT2D eigenvalue weighted by molar-refractivity contribution is 0.254. The Balaban J connectivity index is 0.00000208. The first-order chi connectivity index (χ1) is 11.2. The summed E-state index contributed by atoms with van der Waals surface area (Å²) in [5, 5.41) is 3.64. The molecule has 0 bridgehead atoms. The minimum Gasteiger partial charge on any atom is -0.369 e. The number of benzene rings is 1. The average Bonchev–Trinajstić information content (AvgIpc) is 2.92. The molecule has 0 spiro atoms. The van der Waals surface area contributed by atoms with Crippen molar-refractivity contribution >= 4 is 18.1 Å². The van der Waals surface area contributed by atoms with Crippen molar-refractivity contribution in [1.82, 2.24) is 21.1 Å². The number of nitrogens with zero attached hydrogens (tertiary/aromatic N) is 2. The zero-order valence-electron chi connectivity index (χ0n) is 14.9. The molecule has 0 aromatic heterocycles. The lowest BCUT2D eigenvalue weighted by Gasteiger charge is -2.36. The van der Waals surface area contributed by atoms with Crippen molar-refractivity contribution in [2.75, 3.05) is 50.7 Å². The SMILES string of the molecule is CC1NNC(C)C1CNCCN1CCN(c2ccccc2)CC1.Cl. The molecule has 2 saturated heterocycles. The van der Waals surface area contributed by atoms with Gasteiger partial charge in [0.25, 0.3) is 0 Å². The maximum absolute atomic E-state index is 3.64. The number of hydrogen-bond acceptors (Lipinski definition) is 5. The predicted octanol–water partition coefficient (Wildman–Crippen LogP) is 1.32. The molecule has 0 amide bonds. The number of nitrogens with one attached hydrogen (secondary N) is 3. The Kier molecular flexibility index (Phi) is 7.78. The van der Waals surface area contributed by atoms with Crippen molar-refractivity contribution in [3.63, 3.8) is 0 Å². The van der Waals surface area contributed by atoms with Gasteiger partial charge >= 0.3 is 0 Å². The fourth-order valence-electron chi connectivity index (χ4n) is 3.64. The zero-order chi connectivity index (χ0) is 16.1. The first-order valence-electron chi connectivity index (χ1n) is 8.98. The second kappa shape index (κ2) is 9.59. The molecule has 24 heavy (non-hydrogen) atoms. The van der Waals surface area contributed by atoms with Gasteiger partial charge in [0, 0.05) is 69.5 Å². The summed E-state index contributed by atoms with van der Waals surface area (Å²) in [6.07, 6.45) is 0. The fraction of sp³-hybridized carbons (Fsp3) is 0.667. The average molecular weight is 354 g/mol. The van der Waals surface area contributed by atoms with Crippen molar-refractivity contribution in [2.45, 2.75) is 25.9 Å². The molecule has 2 aliphatic rings. The van der Waals surface area contributed by atoms with Gasteiger partial charge in [-0.2, -0.15) is 0 Å². The van der Waals surface area contributed by atoms with Crippen LogP contribution < -0.4 is 21.1 Å². The molecule has 5 nitrogen and oxygen atoms in total. The summed E-state index contributed by atoms with van der Waals surface area (Å²) in [4.78, 5) is 5.06. The van der Waals surface area contributed by atoms with E-state index in [1.54, 1.807) is 0 Å². The molecule has 2 heterocycles. The van der Waals surface area contributed by atoms with Crippen molar-refractivity contribution in [1.29, 1.82) is 0 Å². The van der Waals surface area contributed by atoms with E-state index in [9.17, 15) is 0 Å². The van der Waals surface area contributed by atoms with Crippen LogP contribution in [0.2, 0.25) is 0 Å². The maximum atomic E-state index is 3.64. The highest BCUT2D eigenvalue weighted by Gasteiger charge is 2.29. The van der Waals surface area contributed by atoms with Gasteiger partial charge in [-0.15, -0.1) is 12.4 Å². The van der Waals surface area contributed by atoms with Gasteiger partial charge in [-0.05, 0) is 26.0 Å². The first kappa shape index (κ1) is 19.5. The topological polar surface area (TPSA) is 42.6 Å². The summed E-state index contributed by atoms with van der Waals surface area (Å²) in [7, 11) is 0. The number of anilines is 1. The zero-order valence-corrected chi connectivity index (χ0v) is 15.7. The van der Waals surface area contributed by atoms with Crippen LogP contribution in [-0.2, 0) is 0 Å². The molecule has 0 saturated carbocycles. The van der Waals surface area contributed by atoms with Crippen LogP contribution in [0, 0.1) is 5.92 Å². The Labute approximate surface area is 152 Å². The van der Waals surface area contributed by atoms with Gasteiger partial charge < -0.3 is 10.2 Å². The van der Waals surface area contributed by atoms with Gasteiger partial charge in [-0.25, -0.2) is 0 Å². The van der Waals surface area contributed by atoms with Crippen LogP contribution in [0.4, 0.5) is 5.69 Å². The molecule has 2 aliphatic heterocycles. The Morgan fingerprint density at radius 1 is 1.00 bits per heavy atom. The summed E-state index contributed by atoms with van der Waals surface area (Å²) in [6.45, 7) is 12.4. The van der Waals surface area contributed by atoms with Crippen LogP contribution in [0.15, 0.2) is 30.3 Å². The highest BCUT2D eigenvalue weighted by molar-refractivity contribution is 5.85. The molecule has 2 fully saturated rings. The van der Waals surface area contributed by atoms with E-state index in [2.05, 4.69) is 70.1 Å². The molecular formula is C18H32ClN5. The highest BCUT2D eigenvalue weighted by atomic mass is 35.5. The number of hydrogen-bond donors (Lipinski definition) is 3. The molecule has 3 N–H and O–H groups in total. The van der Waals surface area contributed by atoms with Crippen LogP contribution in [0.1, 0.15) is 13.8 Å². The van der Waals surface area contributed by atoms with Gasteiger partial charge in [0.15, 0.2) is 0 Å². The van der Waals surface area contributed by atoms with E-state index in [4.69, 9.17) is 0 Å². The lowest BCUT2D eigenvalue weighted by atomic mass is 9.97. The summed E-state index contributed by atoms with van der Waals surface area (Å²) < 4.78 is 0. The minimum atomic E-state index is 0. The minimum absolute atomic E-state index is 0. The Bertz CT molecular complexity index is 454. The van der Waals surface area contributed by atoms with Crippen molar-refractivity contribution in [3.05, 3.63) is 30.3 Å². The molecular weight excluding hydrogens is 322 g/mol. The number of rotatable bonds is 6. The second-order valence-corrected chi connectivity index (χ2v) is 6.90. The number of para-hydroxylation sites is 1. The quantitative estimate of drug-likeness (QED) is 0.673. The molecule has 2 atom stereocenters. The Morgan fingerprint density at radius 3 is 2.25 bits per heavy atom. The molecule has 6 heteroatoms. The maximum Gasteiger partial charge on any atom is 0.0367 e. The molecule has 3 rings (SSSR count). The van der Waals surface area contributed by atoms with Gasteiger partial charge in [-0.3, -0.25) is 15.8 Å². The molecule has 1 aromatic carbocycles. The first-order valence-corrected chi connectivity index (χ1v) is 8.98. The fourth-order valence-corrected chi connectivity index (χ4v) is 3.64. The standard InChI is InChI=1S/C18H31N5.ClH/c1-15-18(16(2)21-20-15)14-19-8-9-22-10-12-23(13-11-22)17-6-4-3-5-7-17;/h3-7,15-16,18-21H,8-14H2,1-2H3;1H. The van der Waals surface area contributed by atoms with E-state index < -0.39 is 0 Å². The normalized spacial score (nSPS) is 27.9. The second-order valence-electron chi connectivity index (χ2n) is 6.90. The van der Waals surface area contributed by atoms with Crippen molar-refractivity contribution < 1.29 is 0 Å². The molecule has 0 radical (unpaired) electrons. The van der Waals surface area contributed by atoms with Gasteiger partial charge in [0.1, 0.15) is 0 Å². The number of hydrazine groups is 1. The Morgan fingerprint density at radius 2 is 1.62 bits per heavy atom. The van der Waals surface area contributed by atoms with E-state index in [0.29, 0.717) is 18.0 Å². The van der Waals surface area contributed by atoms with Crippen molar-refractivity contribution in [2.24, 2.45) is 5.92 Å². The summed E-state index contributed by atoms with van der Waals surface area (Å²) in [5.74, 6) is 0.671. The van der Waals surface area contributed by atoms with E-state index in [1.807, 2.05) is 0 Å². The number of piperazine rings is 1. The van der Waals surface area contributed by atoms with Crippen LogP contribution in [0.25, 0.3) is 0 Å². The van der Waals surface area contributed by atoms with Gasteiger partial charge in [0.2, 0.25) is 0 Å². The Hall–Kier alpha value is -0.850. The van der Waals surface area contributed by atoms with Gasteiger partial charge in [0.05, 0.1) is 0 Å². The van der Waals surface area contributed by atoms with Crippen LogP contribution in [0.3, 0.4) is 0 Å². The smallest absolute Gasteiger partial charge is 0.0367 e. The summed E-state index contributed by atoms with van der Waals surface area (Å²) >= 11 is 0. The monoisotopic (exact) mass is 353 g/mol. The number of halogens is 1. The molecule has 2 unspecified atom stereocenters. The third-order valence-corrected chi connectivity index (χ3v) is 5.30. The third kappa shape index (κ3) is 5.07. The van der Waals surface area contributed by atoms with E-state index in [1.165, 1.54) is 5.69 Å². The van der Waals surface area contributed by atoms with E-state index >= 15 is 0 Å². The lowest BCUT2D eigenvalue weighted by Crippen LogP contribution is -2.48.